The minimum Gasteiger partial charge on any atom is -1.00 e. The molecule has 0 bridgehead atoms. The van der Waals surface area contributed by atoms with E-state index in [2.05, 4.69) is 113 Å². The van der Waals surface area contributed by atoms with Crippen LogP contribution in [0.1, 0.15) is 37.8 Å². The number of hydrogen-bond acceptors (Lipinski definition) is 0. The Morgan fingerprint density at radius 3 is 1.73 bits per heavy atom. The second-order valence-electron chi connectivity index (χ2n) is 6.53. The molecule has 0 amide bonds. The smallest absolute Gasteiger partial charge is 1.00 e. The fourth-order valence-electron chi connectivity index (χ4n) is 3.57. The van der Waals surface area contributed by atoms with Crippen LogP contribution in [-0.2, 0) is 25.9 Å². The molecule has 2 aromatic rings. The molecule has 0 radical (unpaired) electrons. The van der Waals surface area contributed by atoms with Crippen LogP contribution in [0.2, 0.25) is 3.72 Å². The first-order valence-electron chi connectivity index (χ1n) is 8.37. The van der Waals surface area contributed by atoms with Crippen LogP contribution in [0.15, 0.2) is 84.5 Å². The summed E-state index contributed by atoms with van der Waals surface area (Å²) in [5.74, 6) is 0. The molecule has 3 rings (SSSR count). The van der Waals surface area contributed by atoms with Crippen molar-refractivity contribution in [3.05, 3.63) is 95.6 Å². The molecule has 0 saturated carbocycles. The SMILES string of the molecule is CCCC1=C[C]([Ti+3])(C(C)(c2ccccc2)c2ccccc2)C=C1.[Cl-].[Cl-].[Cl-]. The van der Waals surface area contributed by atoms with E-state index in [0.29, 0.717) is 0 Å². The van der Waals surface area contributed by atoms with Crippen LogP contribution >= 0.6 is 0 Å². The summed E-state index contributed by atoms with van der Waals surface area (Å²) >= 11 is 2.37. The van der Waals surface area contributed by atoms with Gasteiger partial charge in [-0.2, -0.15) is 0 Å². The van der Waals surface area contributed by atoms with Gasteiger partial charge in [0.1, 0.15) is 0 Å². The minimum atomic E-state index is -0.0818. The molecule has 1 unspecified atom stereocenters. The number of halogens is 3. The molecule has 1 atom stereocenters. The van der Waals surface area contributed by atoms with Crippen molar-refractivity contribution in [2.24, 2.45) is 0 Å². The van der Waals surface area contributed by atoms with Crippen molar-refractivity contribution in [1.82, 2.24) is 0 Å². The predicted molar refractivity (Wildman–Crippen MR) is 94.2 cm³/mol. The Bertz CT molecular complexity index is 686. The summed E-state index contributed by atoms with van der Waals surface area (Å²) in [5, 5.41) is 0. The van der Waals surface area contributed by atoms with Gasteiger partial charge in [-0.15, -0.1) is 0 Å². The normalized spacial score (nSPS) is 18.2. The van der Waals surface area contributed by atoms with E-state index in [1.165, 1.54) is 23.1 Å². The summed E-state index contributed by atoms with van der Waals surface area (Å²) < 4.78 is -0.0137. The van der Waals surface area contributed by atoms with Gasteiger partial charge < -0.3 is 37.2 Å². The second kappa shape index (κ2) is 10.7. The fraction of sp³-hybridized carbons (Fsp3) is 0.273. The van der Waals surface area contributed by atoms with Crippen LogP contribution in [0.5, 0.6) is 0 Å². The van der Waals surface area contributed by atoms with E-state index in [-0.39, 0.29) is 46.4 Å². The monoisotopic (exact) mass is 440 g/mol. The largest absolute Gasteiger partial charge is 1.00 e. The van der Waals surface area contributed by atoms with Crippen LogP contribution in [-0.4, -0.2) is 0 Å². The summed E-state index contributed by atoms with van der Waals surface area (Å²) in [4.78, 5) is 0. The molecule has 26 heavy (non-hydrogen) atoms. The first-order valence-corrected chi connectivity index (χ1v) is 9.15. The first-order chi connectivity index (χ1) is 11.1. The van der Waals surface area contributed by atoms with Crippen molar-refractivity contribution in [2.75, 3.05) is 0 Å². The Morgan fingerprint density at radius 2 is 1.31 bits per heavy atom. The van der Waals surface area contributed by atoms with E-state index in [9.17, 15) is 0 Å². The summed E-state index contributed by atoms with van der Waals surface area (Å²) in [6, 6.07) is 21.8. The number of benzene rings is 2. The van der Waals surface area contributed by atoms with E-state index in [1.807, 2.05) is 0 Å². The third kappa shape index (κ3) is 4.67. The maximum absolute atomic E-state index is 2.48. The van der Waals surface area contributed by atoms with Gasteiger partial charge in [-0.25, -0.2) is 0 Å². The molecular weight excluding hydrogens is 418 g/mol. The molecule has 0 heterocycles. The van der Waals surface area contributed by atoms with Crippen molar-refractivity contribution in [3.8, 4) is 0 Å². The molecule has 0 nitrogen and oxygen atoms in total. The van der Waals surface area contributed by atoms with E-state index >= 15 is 0 Å². The average Bonchev–Trinajstić information content (AvgIpc) is 2.98. The zero-order valence-corrected chi connectivity index (χ0v) is 18.9. The third-order valence-electron chi connectivity index (χ3n) is 5.04. The summed E-state index contributed by atoms with van der Waals surface area (Å²) in [7, 11) is 0. The summed E-state index contributed by atoms with van der Waals surface area (Å²) in [6.07, 6.45) is 9.56. The molecule has 1 aliphatic carbocycles. The van der Waals surface area contributed by atoms with E-state index < -0.39 is 0 Å². The number of allylic oxidation sites excluding steroid dienone is 4. The predicted octanol–water partition coefficient (Wildman–Crippen LogP) is -2.99. The summed E-state index contributed by atoms with van der Waals surface area (Å²) in [6.45, 7) is 4.63. The molecular formula is C22H23Cl3Ti. The van der Waals surface area contributed by atoms with Crippen molar-refractivity contribution < 1.29 is 57.7 Å². The topological polar surface area (TPSA) is 0 Å². The van der Waals surface area contributed by atoms with Gasteiger partial charge >= 0.3 is 152 Å². The zero-order valence-electron chi connectivity index (χ0n) is 15.1. The van der Waals surface area contributed by atoms with Gasteiger partial charge in [0, 0.05) is 0 Å². The average molecular weight is 442 g/mol. The molecule has 0 aromatic heterocycles. The molecule has 2 aromatic carbocycles. The number of rotatable bonds is 5. The van der Waals surface area contributed by atoms with Gasteiger partial charge in [-0.05, 0) is 0 Å². The molecule has 0 fully saturated rings. The van der Waals surface area contributed by atoms with Crippen LogP contribution in [0.4, 0.5) is 0 Å². The van der Waals surface area contributed by atoms with Crippen LogP contribution in [0, 0.1) is 0 Å². The minimum absolute atomic E-state index is 0. The third-order valence-corrected chi connectivity index (χ3v) is 6.31. The molecule has 136 valence electrons. The Labute approximate surface area is 188 Å². The van der Waals surface area contributed by atoms with Crippen LogP contribution in [0.25, 0.3) is 0 Å². The molecule has 4 heteroatoms. The van der Waals surface area contributed by atoms with Crippen LogP contribution < -0.4 is 37.2 Å². The van der Waals surface area contributed by atoms with Gasteiger partial charge in [-0.3, -0.25) is 0 Å². The van der Waals surface area contributed by atoms with Crippen molar-refractivity contribution in [3.63, 3.8) is 0 Å². The number of hydrogen-bond donors (Lipinski definition) is 0. The standard InChI is InChI=1S/C22H23.3ClH.Ti/c1-3-10-18-15-16-21(17-18)22(2,19-11-6-4-7-12-19)20-13-8-5-9-14-20;;;;/h4-9,11-17H,3,10H2,1-2H3;3*1H;/q;;;;+3/p-3. The van der Waals surface area contributed by atoms with E-state index in [1.54, 1.807) is 0 Å². The van der Waals surface area contributed by atoms with Crippen LogP contribution in [0.3, 0.4) is 0 Å². The molecule has 0 spiro atoms. The van der Waals surface area contributed by atoms with Crippen molar-refractivity contribution in [2.45, 2.75) is 35.8 Å². The second-order valence-corrected chi connectivity index (χ2v) is 7.82. The van der Waals surface area contributed by atoms with Crippen molar-refractivity contribution in [1.29, 1.82) is 0 Å². The Balaban J connectivity index is 0.00000208. The quantitative estimate of drug-likeness (QED) is 0.434. The maximum atomic E-state index is 2.48. The van der Waals surface area contributed by atoms with Gasteiger partial charge in [0.25, 0.3) is 0 Å². The summed E-state index contributed by atoms with van der Waals surface area (Å²) in [5.41, 5.74) is 4.12. The van der Waals surface area contributed by atoms with Gasteiger partial charge in [0.05, 0.1) is 0 Å². The Morgan fingerprint density at radius 1 is 0.846 bits per heavy atom. The van der Waals surface area contributed by atoms with E-state index in [0.717, 1.165) is 6.42 Å². The molecule has 0 aliphatic heterocycles. The first kappa shape index (κ1) is 25.5. The molecule has 0 N–H and O–H groups in total. The Hall–Kier alpha value is -0.496. The zero-order chi connectivity index (χ0) is 16.3. The molecule has 1 aliphatic rings. The van der Waals surface area contributed by atoms with Gasteiger partial charge in [0.15, 0.2) is 0 Å². The van der Waals surface area contributed by atoms with Gasteiger partial charge in [-0.1, -0.05) is 0 Å². The fourth-order valence-corrected chi connectivity index (χ4v) is 4.44. The van der Waals surface area contributed by atoms with E-state index in [4.69, 9.17) is 0 Å². The van der Waals surface area contributed by atoms with Crippen molar-refractivity contribution >= 4 is 0 Å². The van der Waals surface area contributed by atoms with Gasteiger partial charge in [0.2, 0.25) is 0 Å². The molecule has 0 saturated heterocycles. The Kier molecular flexibility index (Phi) is 10.5. The maximum Gasteiger partial charge on any atom is -1.00 e.